The van der Waals surface area contributed by atoms with E-state index in [1.165, 1.54) is 4.31 Å². The minimum Gasteiger partial charge on any atom is -0.494 e. The Morgan fingerprint density at radius 1 is 0.971 bits per heavy atom. The maximum absolute atomic E-state index is 12.9. The molecule has 0 saturated carbocycles. The van der Waals surface area contributed by atoms with E-state index in [1.54, 1.807) is 48.2 Å². The molecule has 184 valence electrons. The largest absolute Gasteiger partial charge is 0.494 e. The Morgan fingerprint density at radius 3 is 2.15 bits per heavy atom. The van der Waals surface area contributed by atoms with Gasteiger partial charge in [0.15, 0.2) is 0 Å². The van der Waals surface area contributed by atoms with Gasteiger partial charge in [-0.25, -0.2) is 13.2 Å². The highest BCUT2D eigenvalue weighted by Gasteiger charge is 2.30. The summed E-state index contributed by atoms with van der Waals surface area (Å²) in [5.41, 5.74) is 1.61. The van der Waals surface area contributed by atoms with Gasteiger partial charge in [0.25, 0.3) is 0 Å². The zero-order valence-electron chi connectivity index (χ0n) is 19.8. The number of anilines is 1. The Balaban J connectivity index is 1.53. The molecular formula is C24H32N4O5S. The van der Waals surface area contributed by atoms with Crippen LogP contribution < -0.4 is 15.4 Å². The molecular weight excluding hydrogens is 456 g/mol. The average Bonchev–Trinajstić information content (AvgIpc) is 2.85. The van der Waals surface area contributed by atoms with Gasteiger partial charge in [0, 0.05) is 38.3 Å². The quantitative estimate of drug-likeness (QED) is 0.593. The number of ether oxygens (including phenoxy) is 1. The molecule has 1 fully saturated rings. The minimum absolute atomic E-state index is 0.0576. The Hall–Kier alpha value is -3.11. The zero-order valence-corrected chi connectivity index (χ0v) is 20.6. The molecule has 3 rings (SSSR count). The fourth-order valence-corrected chi connectivity index (χ4v) is 5.04. The maximum Gasteiger partial charge on any atom is 0.317 e. The number of amides is 3. The van der Waals surface area contributed by atoms with Gasteiger partial charge >= 0.3 is 6.03 Å². The van der Waals surface area contributed by atoms with E-state index in [0.717, 1.165) is 5.56 Å². The van der Waals surface area contributed by atoms with Gasteiger partial charge in [0.1, 0.15) is 5.75 Å². The number of urea groups is 1. The highest BCUT2D eigenvalue weighted by molar-refractivity contribution is 7.89. The van der Waals surface area contributed by atoms with Crippen LogP contribution in [0, 0.1) is 0 Å². The Labute approximate surface area is 201 Å². The first kappa shape index (κ1) is 25.5. The number of hydrogen-bond acceptors (Lipinski definition) is 5. The topological polar surface area (TPSA) is 108 Å². The molecule has 0 bridgehead atoms. The number of rotatable bonds is 8. The first-order valence-electron chi connectivity index (χ1n) is 11.4. The molecule has 1 heterocycles. The van der Waals surface area contributed by atoms with Gasteiger partial charge in [-0.1, -0.05) is 19.1 Å². The summed E-state index contributed by atoms with van der Waals surface area (Å²) in [6, 6.07) is 13.2. The fraction of sp³-hybridized carbons (Fsp3) is 0.417. The van der Waals surface area contributed by atoms with Gasteiger partial charge < -0.3 is 20.3 Å². The minimum atomic E-state index is -3.63. The van der Waals surface area contributed by atoms with Crippen LogP contribution in [0.3, 0.4) is 0 Å². The van der Waals surface area contributed by atoms with E-state index in [1.807, 2.05) is 26.0 Å². The van der Waals surface area contributed by atoms with Crippen molar-refractivity contribution in [3.63, 3.8) is 0 Å². The van der Waals surface area contributed by atoms with Crippen molar-refractivity contribution in [2.75, 3.05) is 38.1 Å². The molecule has 10 heteroatoms. The van der Waals surface area contributed by atoms with Crippen molar-refractivity contribution in [1.29, 1.82) is 0 Å². The lowest BCUT2D eigenvalue weighted by molar-refractivity contribution is -0.115. The third-order valence-electron chi connectivity index (χ3n) is 5.65. The van der Waals surface area contributed by atoms with Crippen LogP contribution in [0.1, 0.15) is 38.8 Å². The van der Waals surface area contributed by atoms with E-state index in [2.05, 4.69) is 10.6 Å². The average molecular weight is 489 g/mol. The summed E-state index contributed by atoms with van der Waals surface area (Å²) in [4.78, 5) is 26.1. The van der Waals surface area contributed by atoms with E-state index in [4.69, 9.17) is 4.74 Å². The summed E-state index contributed by atoms with van der Waals surface area (Å²) in [5, 5.41) is 5.75. The standard InChI is InChI=1S/C24H32N4O5S/c1-4-23(29)26-20-8-6-19(7-9-20)18(3)25-24(30)27-14-16-28(17-15-27)34(31,32)22-12-10-21(11-13-22)33-5-2/h6-13,18H,4-5,14-17H2,1-3H3,(H,25,30)(H,26,29). The molecule has 0 spiro atoms. The maximum atomic E-state index is 12.9. The summed E-state index contributed by atoms with van der Waals surface area (Å²) < 4.78 is 32.7. The molecule has 0 aliphatic carbocycles. The second-order valence-electron chi connectivity index (χ2n) is 7.99. The molecule has 2 aromatic rings. The number of nitrogens with zero attached hydrogens (tertiary/aromatic N) is 2. The lowest BCUT2D eigenvalue weighted by atomic mass is 10.1. The van der Waals surface area contributed by atoms with Crippen LogP contribution in [-0.2, 0) is 14.8 Å². The van der Waals surface area contributed by atoms with Crippen LogP contribution in [0.2, 0.25) is 0 Å². The van der Waals surface area contributed by atoms with Crippen LogP contribution >= 0.6 is 0 Å². The number of piperazine rings is 1. The summed E-state index contributed by atoms with van der Waals surface area (Å²) in [5.74, 6) is 0.565. The highest BCUT2D eigenvalue weighted by atomic mass is 32.2. The van der Waals surface area contributed by atoms with Crippen LogP contribution in [0.5, 0.6) is 5.75 Å². The molecule has 0 radical (unpaired) electrons. The van der Waals surface area contributed by atoms with Gasteiger partial charge in [-0.2, -0.15) is 4.31 Å². The van der Waals surface area contributed by atoms with Gasteiger partial charge in [0.05, 0.1) is 17.5 Å². The van der Waals surface area contributed by atoms with Crippen LogP contribution in [0.25, 0.3) is 0 Å². The molecule has 34 heavy (non-hydrogen) atoms. The third-order valence-corrected chi connectivity index (χ3v) is 7.57. The van der Waals surface area contributed by atoms with E-state index < -0.39 is 10.0 Å². The highest BCUT2D eigenvalue weighted by Crippen LogP contribution is 2.21. The van der Waals surface area contributed by atoms with E-state index >= 15 is 0 Å². The van der Waals surface area contributed by atoms with Crippen molar-refractivity contribution < 1.29 is 22.7 Å². The van der Waals surface area contributed by atoms with E-state index in [0.29, 0.717) is 37.6 Å². The second kappa shape index (κ2) is 11.3. The normalized spacial score (nSPS) is 15.4. The van der Waals surface area contributed by atoms with Crippen LogP contribution in [-0.4, -0.2) is 62.3 Å². The van der Waals surface area contributed by atoms with Crippen molar-refractivity contribution in [2.45, 2.75) is 38.1 Å². The molecule has 3 amide bonds. The molecule has 2 aromatic carbocycles. The number of carbonyl (C=O) groups is 2. The Kier molecular flexibility index (Phi) is 8.51. The van der Waals surface area contributed by atoms with Gasteiger partial charge in [-0.15, -0.1) is 0 Å². The molecule has 1 atom stereocenters. The lowest BCUT2D eigenvalue weighted by Crippen LogP contribution is -2.53. The smallest absolute Gasteiger partial charge is 0.317 e. The van der Waals surface area contributed by atoms with Crippen molar-refractivity contribution in [2.24, 2.45) is 0 Å². The fourth-order valence-electron chi connectivity index (χ4n) is 3.62. The molecule has 1 saturated heterocycles. The molecule has 9 nitrogen and oxygen atoms in total. The summed E-state index contributed by atoms with van der Waals surface area (Å²) in [6.45, 7) is 7.10. The van der Waals surface area contributed by atoms with Gasteiger partial charge in [-0.3, -0.25) is 4.79 Å². The Morgan fingerprint density at radius 2 is 1.59 bits per heavy atom. The van der Waals surface area contributed by atoms with Crippen molar-refractivity contribution in [3.05, 3.63) is 54.1 Å². The third kappa shape index (κ3) is 6.27. The summed E-state index contributed by atoms with van der Waals surface area (Å²) in [6.07, 6.45) is 0.406. The molecule has 0 aromatic heterocycles. The number of benzene rings is 2. The predicted molar refractivity (Wildman–Crippen MR) is 130 cm³/mol. The first-order valence-corrected chi connectivity index (χ1v) is 12.9. The zero-order chi connectivity index (χ0) is 24.7. The van der Waals surface area contributed by atoms with E-state index in [9.17, 15) is 18.0 Å². The van der Waals surface area contributed by atoms with Gasteiger partial charge in [0.2, 0.25) is 15.9 Å². The predicted octanol–water partition coefficient (Wildman–Crippen LogP) is 3.21. The van der Waals surface area contributed by atoms with Crippen LogP contribution in [0.4, 0.5) is 10.5 Å². The van der Waals surface area contributed by atoms with Crippen molar-refractivity contribution >= 4 is 27.6 Å². The van der Waals surface area contributed by atoms with Crippen LogP contribution in [0.15, 0.2) is 53.4 Å². The lowest BCUT2D eigenvalue weighted by Gasteiger charge is -2.34. The van der Waals surface area contributed by atoms with Gasteiger partial charge in [-0.05, 0) is 55.8 Å². The Bertz CT molecular complexity index is 1080. The number of nitrogens with one attached hydrogen (secondary N) is 2. The molecule has 1 unspecified atom stereocenters. The van der Waals surface area contributed by atoms with E-state index in [-0.39, 0.29) is 36.0 Å². The second-order valence-corrected chi connectivity index (χ2v) is 9.93. The number of hydrogen-bond donors (Lipinski definition) is 2. The molecule has 2 N–H and O–H groups in total. The molecule has 1 aliphatic rings. The van der Waals surface area contributed by atoms with Crippen molar-refractivity contribution in [3.8, 4) is 5.75 Å². The SMILES string of the molecule is CCOc1ccc(S(=O)(=O)N2CCN(C(=O)NC(C)c3ccc(NC(=O)CC)cc3)CC2)cc1. The summed E-state index contributed by atoms with van der Waals surface area (Å²) in [7, 11) is -3.63. The summed E-state index contributed by atoms with van der Waals surface area (Å²) >= 11 is 0. The van der Waals surface area contributed by atoms with Crippen molar-refractivity contribution in [1.82, 2.24) is 14.5 Å². The number of carbonyl (C=O) groups excluding carboxylic acids is 2. The monoisotopic (exact) mass is 488 g/mol. The molecule has 1 aliphatic heterocycles. The number of sulfonamides is 1. The first-order chi connectivity index (χ1) is 16.2.